The summed E-state index contributed by atoms with van der Waals surface area (Å²) in [5, 5.41) is 9.31. The smallest absolute Gasteiger partial charge is 0.329 e. The number of aliphatic carboxylic acids is 1. The largest absolute Gasteiger partial charge is 0.481 e. The van der Waals surface area contributed by atoms with Gasteiger partial charge < -0.3 is 9.67 Å². The van der Waals surface area contributed by atoms with E-state index in [9.17, 15) is 14.4 Å². The number of nitrogens with one attached hydrogen (secondary N) is 1. The van der Waals surface area contributed by atoms with Gasteiger partial charge in [-0.1, -0.05) is 41.6 Å². The summed E-state index contributed by atoms with van der Waals surface area (Å²) in [7, 11) is 1.51. The second-order valence-electron chi connectivity index (χ2n) is 5.64. The van der Waals surface area contributed by atoms with E-state index in [0.29, 0.717) is 11.7 Å². The van der Waals surface area contributed by atoms with Crippen molar-refractivity contribution in [1.29, 1.82) is 0 Å². The number of thioether (sulfide) groups is 1. The van der Waals surface area contributed by atoms with Gasteiger partial charge in [-0.3, -0.25) is 19.1 Å². The molecule has 2 N–H and O–H groups in total. The summed E-state index contributed by atoms with van der Waals surface area (Å²) < 4.78 is 2.89. The van der Waals surface area contributed by atoms with Gasteiger partial charge in [-0.25, -0.2) is 9.78 Å². The van der Waals surface area contributed by atoms with Crippen LogP contribution in [0.3, 0.4) is 0 Å². The van der Waals surface area contributed by atoms with Crippen LogP contribution in [0.5, 0.6) is 0 Å². The lowest BCUT2D eigenvalue weighted by atomic mass is 10.1. The fourth-order valence-corrected chi connectivity index (χ4v) is 3.19. The van der Waals surface area contributed by atoms with Crippen LogP contribution in [0, 0.1) is 6.92 Å². The maximum Gasteiger partial charge on any atom is 0.329 e. The minimum Gasteiger partial charge on any atom is -0.481 e. The van der Waals surface area contributed by atoms with Gasteiger partial charge in [0, 0.05) is 7.05 Å². The molecule has 0 aliphatic rings. The minimum atomic E-state index is -0.984. The fourth-order valence-electron chi connectivity index (χ4n) is 2.47. The lowest BCUT2D eigenvalue weighted by Gasteiger charge is -2.08. The summed E-state index contributed by atoms with van der Waals surface area (Å²) in [5.41, 5.74) is 1.42. The highest BCUT2D eigenvalue weighted by Crippen LogP contribution is 2.22. The first-order valence-corrected chi connectivity index (χ1v) is 8.45. The number of hydrogen-bond donors (Lipinski definition) is 2. The van der Waals surface area contributed by atoms with Crippen LogP contribution in [-0.2, 0) is 18.4 Å². The van der Waals surface area contributed by atoms with E-state index < -0.39 is 17.2 Å². The van der Waals surface area contributed by atoms with Gasteiger partial charge in [0.25, 0.3) is 5.56 Å². The predicted octanol–water partition coefficient (Wildman–Crippen LogP) is 0.957. The highest BCUT2D eigenvalue weighted by molar-refractivity contribution is 7.99. The van der Waals surface area contributed by atoms with Crippen molar-refractivity contribution in [1.82, 2.24) is 19.1 Å². The summed E-state index contributed by atoms with van der Waals surface area (Å²) in [6.07, 6.45) is 0. The first kappa shape index (κ1) is 17.0. The third-order valence-corrected chi connectivity index (χ3v) is 4.72. The topological polar surface area (TPSA) is 110 Å². The van der Waals surface area contributed by atoms with E-state index in [4.69, 9.17) is 5.11 Å². The van der Waals surface area contributed by atoms with Gasteiger partial charge in [-0.2, -0.15) is 0 Å². The highest BCUT2D eigenvalue weighted by Gasteiger charge is 2.18. The van der Waals surface area contributed by atoms with Gasteiger partial charge in [-0.05, 0) is 12.5 Å². The zero-order chi connectivity index (χ0) is 18.1. The first-order chi connectivity index (χ1) is 11.9. The molecule has 0 radical (unpaired) electrons. The van der Waals surface area contributed by atoms with E-state index in [-0.39, 0.29) is 16.9 Å². The number of rotatable bonds is 5. The van der Waals surface area contributed by atoms with Gasteiger partial charge in [0.05, 0.1) is 12.3 Å². The molecule has 3 aromatic rings. The molecule has 0 aliphatic heterocycles. The molecular weight excluding hydrogens is 344 g/mol. The number of carboxylic acid groups (broad SMARTS) is 1. The normalized spacial score (nSPS) is 11.1. The number of aryl methyl sites for hydroxylation is 2. The van der Waals surface area contributed by atoms with Crippen molar-refractivity contribution in [2.24, 2.45) is 7.05 Å². The number of hydrogen-bond acceptors (Lipinski definition) is 5. The highest BCUT2D eigenvalue weighted by atomic mass is 32.2. The Labute approximate surface area is 146 Å². The Hall–Kier alpha value is -2.81. The van der Waals surface area contributed by atoms with Gasteiger partial charge in [0.1, 0.15) is 0 Å². The zero-order valence-electron chi connectivity index (χ0n) is 13.6. The Bertz CT molecular complexity index is 1060. The zero-order valence-corrected chi connectivity index (χ0v) is 14.5. The maximum atomic E-state index is 12.3. The van der Waals surface area contributed by atoms with Crippen molar-refractivity contribution in [3.05, 3.63) is 56.2 Å². The Morgan fingerprint density at radius 3 is 2.60 bits per heavy atom. The van der Waals surface area contributed by atoms with Gasteiger partial charge in [0.15, 0.2) is 16.3 Å². The van der Waals surface area contributed by atoms with Crippen LogP contribution in [0.25, 0.3) is 11.2 Å². The van der Waals surface area contributed by atoms with Gasteiger partial charge in [0.2, 0.25) is 0 Å². The monoisotopic (exact) mass is 360 g/mol. The Kier molecular flexibility index (Phi) is 4.49. The maximum absolute atomic E-state index is 12.3. The molecule has 0 aliphatic carbocycles. The summed E-state index contributed by atoms with van der Waals surface area (Å²) in [4.78, 5) is 41.6. The molecule has 0 saturated heterocycles. The number of carboxylic acids is 1. The molecule has 9 heteroatoms. The van der Waals surface area contributed by atoms with Crippen molar-refractivity contribution in [2.45, 2.75) is 18.6 Å². The molecule has 1 aromatic carbocycles. The number of carbonyl (C=O) groups is 1. The molecule has 0 spiro atoms. The number of imidazole rings is 1. The molecule has 0 unspecified atom stereocenters. The lowest BCUT2D eigenvalue weighted by Crippen LogP contribution is -2.29. The molecule has 0 atom stereocenters. The molecule has 0 saturated carbocycles. The quantitative estimate of drug-likeness (QED) is 0.656. The van der Waals surface area contributed by atoms with Crippen molar-refractivity contribution < 1.29 is 9.90 Å². The molecule has 0 amide bonds. The second-order valence-corrected chi connectivity index (χ2v) is 6.58. The minimum absolute atomic E-state index is 0.191. The number of fused-ring (bicyclic) bond motifs is 1. The number of benzene rings is 1. The van der Waals surface area contributed by atoms with E-state index in [2.05, 4.69) is 9.97 Å². The van der Waals surface area contributed by atoms with Crippen molar-refractivity contribution in [3.8, 4) is 0 Å². The average molecular weight is 360 g/mol. The Morgan fingerprint density at radius 2 is 1.96 bits per heavy atom. The van der Waals surface area contributed by atoms with Crippen LogP contribution in [-0.4, -0.2) is 35.9 Å². The molecule has 130 valence electrons. The molecule has 0 fully saturated rings. The molecule has 2 heterocycles. The SMILES string of the molecule is Cc1ccc(Cn2c(SCC(=O)O)nc3c2c(=O)[nH]c(=O)n3C)cc1. The van der Waals surface area contributed by atoms with Crippen LogP contribution in [0.4, 0.5) is 0 Å². The van der Waals surface area contributed by atoms with E-state index in [1.807, 2.05) is 31.2 Å². The number of aromatic nitrogens is 4. The fraction of sp³-hybridized carbons (Fsp3) is 0.250. The number of nitrogens with zero attached hydrogens (tertiary/aromatic N) is 3. The molecule has 3 rings (SSSR count). The second kappa shape index (κ2) is 6.60. The third kappa shape index (κ3) is 3.36. The molecule has 8 nitrogen and oxygen atoms in total. The number of aromatic amines is 1. The molecular formula is C16H16N4O4S. The summed E-state index contributed by atoms with van der Waals surface area (Å²) in [6, 6.07) is 7.78. The number of H-pyrrole nitrogens is 1. The van der Waals surface area contributed by atoms with Crippen LogP contribution in [0.1, 0.15) is 11.1 Å². The van der Waals surface area contributed by atoms with Crippen molar-refractivity contribution in [2.75, 3.05) is 5.75 Å². The third-order valence-electron chi connectivity index (χ3n) is 3.76. The summed E-state index contributed by atoms with van der Waals surface area (Å²) in [5.74, 6) is -1.18. The van der Waals surface area contributed by atoms with Crippen molar-refractivity contribution in [3.63, 3.8) is 0 Å². The molecule has 0 bridgehead atoms. The standard InChI is InChI=1S/C16H16N4O4S/c1-9-3-5-10(6-4-9)7-20-12-13(17-16(20)25-8-11(21)22)19(2)15(24)18-14(12)23/h3-6H,7-8H2,1-2H3,(H,21,22)(H,18,23,24). The van der Waals surface area contributed by atoms with E-state index >= 15 is 0 Å². The Balaban J connectivity index is 2.18. The van der Waals surface area contributed by atoms with Crippen LogP contribution >= 0.6 is 11.8 Å². The van der Waals surface area contributed by atoms with Crippen molar-refractivity contribution >= 4 is 28.9 Å². The van der Waals surface area contributed by atoms with Crippen LogP contribution in [0.2, 0.25) is 0 Å². The van der Waals surface area contributed by atoms with E-state index in [0.717, 1.165) is 22.9 Å². The summed E-state index contributed by atoms with van der Waals surface area (Å²) in [6.45, 7) is 2.32. The first-order valence-electron chi connectivity index (χ1n) is 7.46. The average Bonchev–Trinajstić information content (AvgIpc) is 2.92. The molecule has 25 heavy (non-hydrogen) atoms. The molecule has 2 aromatic heterocycles. The van der Waals surface area contributed by atoms with E-state index in [1.165, 1.54) is 11.6 Å². The van der Waals surface area contributed by atoms with Crippen LogP contribution in [0.15, 0.2) is 39.0 Å². The van der Waals surface area contributed by atoms with Crippen LogP contribution < -0.4 is 11.2 Å². The Morgan fingerprint density at radius 1 is 1.28 bits per heavy atom. The lowest BCUT2D eigenvalue weighted by molar-refractivity contribution is -0.133. The summed E-state index contributed by atoms with van der Waals surface area (Å²) >= 11 is 1.01. The van der Waals surface area contributed by atoms with Gasteiger partial charge >= 0.3 is 11.7 Å². The predicted molar refractivity (Wildman–Crippen MR) is 94.2 cm³/mol. The van der Waals surface area contributed by atoms with E-state index in [1.54, 1.807) is 4.57 Å². The van der Waals surface area contributed by atoms with Gasteiger partial charge in [-0.15, -0.1) is 0 Å².